The van der Waals surface area contributed by atoms with Gasteiger partial charge < -0.3 is 14.3 Å². The van der Waals surface area contributed by atoms with Gasteiger partial charge in [-0.1, -0.05) is 34.6 Å². The highest BCUT2D eigenvalue weighted by Crippen LogP contribution is 2.40. The lowest BCUT2D eigenvalue weighted by molar-refractivity contribution is -0.0247. The van der Waals surface area contributed by atoms with Gasteiger partial charge in [-0.15, -0.1) is 0 Å². The number of carbonyl (C=O) groups excluding carboxylic acids is 1. The summed E-state index contributed by atoms with van der Waals surface area (Å²) < 4.78 is 12.1. The van der Waals surface area contributed by atoms with Crippen molar-refractivity contribution in [2.45, 2.75) is 104 Å². The van der Waals surface area contributed by atoms with E-state index in [-0.39, 0.29) is 29.2 Å². The number of likely N-dealkylation sites (tertiary alicyclic amines) is 1. The van der Waals surface area contributed by atoms with Gasteiger partial charge in [0.1, 0.15) is 5.60 Å². The van der Waals surface area contributed by atoms with Crippen LogP contribution in [0, 0.1) is 5.92 Å². The smallest absolute Gasteiger partial charge is 0.410 e. The van der Waals surface area contributed by atoms with E-state index in [1.165, 1.54) is 0 Å². The molecule has 0 radical (unpaired) electrons. The average molecular weight is 374 g/mol. The third-order valence-corrected chi connectivity index (χ3v) is 9.81. The Kier molecular flexibility index (Phi) is 6.80. The third kappa shape index (κ3) is 5.69. The van der Waals surface area contributed by atoms with E-state index in [2.05, 4.69) is 33.9 Å². The quantitative estimate of drug-likeness (QED) is 0.742. The summed E-state index contributed by atoms with van der Waals surface area (Å²) in [6, 6.07) is -0.357. The van der Waals surface area contributed by atoms with Gasteiger partial charge in [-0.05, 0) is 51.2 Å². The topological polar surface area (TPSA) is 59.0 Å². The summed E-state index contributed by atoms with van der Waals surface area (Å²) >= 11 is 0. The maximum atomic E-state index is 12.7. The highest BCUT2D eigenvalue weighted by atomic mass is 28.4. The van der Waals surface area contributed by atoms with E-state index in [1.807, 2.05) is 34.6 Å². The first-order chi connectivity index (χ1) is 11.1. The zero-order chi connectivity index (χ0) is 19.8. The van der Waals surface area contributed by atoms with Gasteiger partial charge >= 0.3 is 6.09 Å². The van der Waals surface area contributed by atoms with Gasteiger partial charge in [0.05, 0.1) is 18.2 Å². The molecule has 3 atom stereocenters. The van der Waals surface area contributed by atoms with E-state index in [1.54, 1.807) is 4.90 Å². The van der Waals surface area contributed by atoms with Crippen LogP contribution in [0.3, 0.4) is 0 Å². The third-order valence-electron chi connectivity index (χ3n) is 5.31. The van der Waals surface area contributed by atoms with E-state index in [4.69, 9.17) is 9.16 Å². The average Bonchev–Trinajstić information content (AvgIpc) is 2.77. The molecule has 148 valence electrons. The summed E-state index contributed by atoms with van der Waals surface area (Å²) in [5.74, 6) is 0.0403. The maximum absolute atomic E-state index is 12.7. The highest BCUT2D eigenvalue weighted by Gasteiger charge is 2.48. The van der Waals surface area contributed by atoms with Crippen molar-refractivity contribution in [2.24, 2.45) is 5.92 Å². The van der Waals surface area contributed by atoms with Crippen LogP contribution in [-0.2, 0) is 9.16 Å². The van der Waals surface area contributed by atoms with Gasteiger partial charge in [0.15, 0.2) is 8.32 Å². The van der Waals surface area contributed by atoms with Crippen LogP contribution < -0.4 is 0 Å². The largest absolute Gasteiger partial charge is 0.444 e. The Morgan fingerprint density at radius 1 is 1.16 bits per heavy atom. The first-order valence-corrected chi connectivity index (χ1v) is 12.3. The minimum absolute atomic E-state index is 0.0403. The Morgan fingerprint density at radius 3 is 2.08 bits per heavy atom. The van der Waals surface area contributed by atoms with Crippen LogP contribution in [0.25, 0.3) is 0 Å². The second kappa shape index (κ2) is 7.57. The normalized spacial score (nSPS) is 23.9. The summed E-state index contributed by atoms with van der Waals surface area (Å²) in [6.07, 6.45) is -0.408. The summed E-state index contributed by atoms with van der Waals surface area (Å²) in [6.45, 7) is 21.1. The molecule has 1 fully saturated rings. The molecule has 25 heavy (non-hydrogen) atoms. The fourth-order valence-corrected chi connectivity index (χ4v) is 4.17. The van der Waals surface area contributed by atoms with Crippen molar-refractivity contribution < 1.29 is 19.1 Å². The standard InChI is InChI=1S/C19H39NO4Si/c1-13(2)16(21)15-14(24-25(9,10)19(6,7)8)11-12-20(15)17(22)23-18(3,4)5/h13-16,21H,11-12H2,1-10H3/t14?,15?,16-/m0/s1. The SMILES string of the molecule is CC(C)[C@H](O)C1C(O[Si](C)(C)C(C)(C)C)CCN1C(=O)OC(C)(C)C. The molecule has 0 saturated carbocycles. The molecule has 1 rings (SSSR count). The molecule has 1 N–H and O–H groups in total. The molecule has 0 aromatic rings. The molecule has 1 saturated heterocycles. The van der Waals surface area contributed by atoms with Crippen LogP contribution in [0.4, 0.5) is 4.79 Å². The van der Waals surface area contributed by atoms with Crippen LogP contribution in [-0.4, -0.2) is 54.8 Å². The van der Waals surface area contributed by atoms with Crippen LogP contribution >= 0.6 is 0 Å². The van der Waals surface area contributed by atoms with Crippen LogP contribution in [0.15, 0.2) is 0 Å². The molecule has 5 nitrogen and oxygen atoms in total. The number of carbonyl (C=O) groups is 1. The van der Waals surface area contributed by atoms with E-state index in [0.29, 0.717) is 6.54 Å². The monoisotopic (exact) mass is 373 g/mol. The van der Waals surface area contributed by atoms with Crippen molar-refractivity contribution in [1.29, 1.82) is 0 Å². The highest BCUT2D eigenvalue weighted by molar-refractivity contribution is 6.74. The zero-order valence-corrected chi connectivity index (χ0v) is 18.8. The van der Waals surface area contributed by atoms with E-state index in [9.17, 15) is 9.90 Å². The molecule has 1 aliphatic heterocycles. The molecule has 2 unspecified atom stereocenters. The Balaban J connectivity index is 3.05. The molecule has 0 bridgehead atoms. The lowest BCUT2D eigenvalue weighted by Gasteiger charge is -2.42. The lowest BCUT2D eigenvalue weighted by atomic mass is 9.96. The van der Waals surface area contributed by atoms with Crippen LogP contribution in [0.1, 0.15) is 61.8 Å². The Labute approximate surface area is 155 Å². The molecule has 1 amide bonds. The van der Waals surface area contributed by atoms with Gasteiger partial charge in [-0.3, -0.25) is 4.90 Å². The molecular formula is C19H39NO4Si. The number of ether oxygens (including phenoxy) is 1. The number of nitrogens with zero attached hydrogens (tertiary/aromatic N) is 1. The molecular weight excluding hydrogens is 334 g/mol. The second-order valence-corrected chi connectivity index (χ2v) is 14.9. The molecule has 0 aromatic heterocycles. The van der Waals surface area contributed by atoms with Gasteiger partial charge in [0.2, 0.25) is 0 Å². The number of hydrogen-bond acceptors (Lipinski definition) is 4. The van der Waals surface area contributed by atoms with Crippen molar-refractivity contribution in [3.05, 3.63) is 0 Å². The van der Waals surface area contributed by atoms with Crippen molar-refractivity contribution in [2.75, 3.05) is 6.54 Å². The number of hydrogen-bond donors (Lipinski definition) is 1. The molecule has 0 spiro atoms. The Hall–Kier alpha value is -0.593. The minimum Gasteiger partial charge on any atom is -0.444 e. The fourth-order valence-electron chi connectivity index (χ4n) is 2.80. The predicted molar refractivity (Wildman–Crippen MR) is 104 cm³/mol. The summed E-state index contributed by atoms with van der Waals surface area (Å²) in [4.78, 5) is 14.3. The Bertz CT molecular complexity index is 465. The first-order valence-electron chi connectivity index (χ1n) is 9.42. The maximum Gasteiger partial charge on any atom is 0.410 e. The van der Waals surface area contributed by atoms with E-state index < -0.39 is 20.0 Å². The lowest BCUT2D eigenvalue weighted by Crippen LogP contribution is -2.54. The van der Waals surface area contributed by atoms with Gasteiger partial charge in [0, 0.05) is 6.54 Å². The predicted octanol–water partition coefficient (Wildman–Crippen LogP) is 4.40. The number of amides is 1. The van der Waals surface area contributed by atoms with E-state index >= 15 is 0 Å². The van der Waals surface area contributed by atoms with Crippen molar-refractivity contribution in [1.82, 2.24) is 4.90 Å². The molecule has 1 aliphatic rings. The number of aliphatic hydroxyl groups excluding tert-OH is 1. The summed E-state index contributed by atoms with van der Waals surface area (Å²) in [5, 5.41) is 10.9. The Morgan fingerprint density at radius 2 is 1.68 bits per heavy atom. The molecule has 0 aliphatic carbocycles. The van der Waals surface area contributed by atoms with Crippen molar-refractivity contribution in [3.8, 4) is 0 Å². The van der Waals surface area contributed by atoms with Crippen molar-refractivity contribution in [3.63, 3.8) is 0 Å². The summed E-state index contributed by atoms with van der Waals surface area (Å²) in [7, 11) is -1.99. The number of rotatable bonds is 4. The van der Waals surface area contributed by atoms with Crippen LogP contribution in [0.2, 0.25) is 18.1 Å². The van der Waals surface area contributed by atoms with Gasteiger partial charge in [-0.2, -0.15) is 0 Å². The summed E-state index contributed by atoms with van der Waals surface area (Å²) in [5.41, 5.74) is -0.553. The van der Waals surface area contributed by atoms with Crippen LogP contribution in [0.5, 0.6) is 0 Å². The first kappa shape index (κ1) is 22.4. The second-order valence-electron chi connectivity index (χ2n) is 10.1. The van der Waals surface area contributed by atoms with Crippen molar-refractivity contribution >= 4 is 14.4 Å². The van der Waals surface area contributed by atoms with Gasteiger partial charge in [0.25, 0.3) is 0 Å². The van der Waals surface area contributed by atoms with E-state index in [0.717, 1.165) is 6.42 Å². The fraction of sp³-hybridized carbons (Fsp3) is 0.947. The molecule has 1 heterocycles. The molecule has 0 aromatic carbocycles. The minimum atomic E-state index is -1.99. The molecule has 6 heteroatoms. The zero-order valence-electron chi connectivity index (χ0n) is 17.8. The van der Waals surface area contributed by atoms with Gasteiger partial charge in [-0.25, -0.2) is 4.79 Å². The number of aliphatic hydroxyl groups is 1.